The number of nitrogens with zero attached hydrogens (tertiary/aromatic N) is 1. The predicted molar refractivity (Wildman–Crippen MR) is 135 cm³/mol. The molecule has 1 saturated heterocycles. The largest absolute Gasteiger partial charge is 0.507 e. The zero-order valence-corrected chi connectivity index (χ0v) is 21.1. The minimum Gasteiger partial charge on any atom is -0.507 e. The zero-order valence-electron chi connectivity index (χ0n) is 20.4. The molecule has 2 aromatic rings. The van der Waals surface area contributed by atoms with Gasteiger partial charge in [0.2, 0.25) is 0 Å². The summed E-state index contributed by atoms with van der Waals surface area (Å²) in [5, 5.41) is 11.6. The van der Waals surface area contributed by atoms with Crippen molar-refractivity contribution in [1.82, 2.24) is 4.90 Å². The Kier molecular flexibility index (Phi) is 9.57. The van der Waals surface area contributed by atoms with E-state index in [4.69, 9.17) is 25.8 Å². The summed E-state index contributed by atoms with van der Waals surface area (Å²) in [6.45, 7) is 5.41. The number of hydrogen-bond acceptors (Lipinski definition) is 6. The first-order valence-electron chi connectivity index (χ1n) is 11.9. The molecular formula is C27H32ClNO6. The van der Waals surface area contributed by atoms with Crippen molar-refractivity contribution in [3.05, 3.63) is 64.2 Å². The molecule has 0 aromatic heterocycles. The van der Waals surface area contributed by atoms with Crippen LogP contribution in [0.15, 0.2) is 48.0 Å². The van der Waals surface area contributed by atoms with E-state index in [0.29, 0.717) is 40.9 Å². The van der Waals surface area contributed by atoms with Crippen LogP contribution in [0.4, 0.5) is 0 Å². The molecule has 1 aliphatic heterocycles. The monoisotopic (exact) mass is 501 g/mol. The van der Waals surface area contributed by atoms with E-state index in [-0.39, 0.29) is 24.5 Å². The van der Waals surface area contributed by atoms with Crippen LogP contribution in [0.5, 0.6) is 11.5 Å². The number of carbonyl (C=O) groups is 2. The van der Waals surface area contributed by atoms with E-state index in [0.717, 1.165) is 19.3 Å². The topological polar surface area (TPSA) is 85.3 Å². The van der Waals surface area contributed by atoms with Gasteiger partial charge in [0.15, 0.2) is 11.5 Å². The summed E-state index contributed by atoms with van der Waals surface area (Å²) >= 11 is 5.98. The Bertz CT molecular complexity index is 1070. The van der Waals surface area contributed by atoms with Gasteiger partial charge in [-0.05, 0) is 55.3 Å². The van der Waals surface area contributed by atoms with Crippen LogP contribution >= 0.6 is 11.6 Å². The van der Waals surface area contributed by atoms with Crippen molar-refractivity contribution in [3.63, 3.8) is 0 Å². The van der Waals surface area contributed by atoms with E-state index in [9.17, 15) is 14.7 Å². The van der Waals surface area contributed by atoms with Gasteiger partial charge in [-0.3, -0.25) is 9.59 Å². The van der Waals surface area contributed by atoms with E-state index >= 15 is 0 Å². The van der Waals surface area contributed by atoms with Gasteiger partial charge in [0.1, 0.15) is 5.76 Å². The van der Waals surface area contributed by atoms with Gasteiger partial charge in [0, 0.05) is 24.2 Å². The molecule has 0 saturated carbocycles. The van der Waals surface area contributed by atoms with E-state index in [1.807, 2.05) is 6.92 Å². The smallest absolute Gasteiger partial charge is 0.295 e. The fourth-order valence-corrected chi connectivity index (χ4v) is 4.15. The fraction of sp³-hybridized carbons (Fsp3) is 0.407. The van der Waals surface area contributed by atoms with Crippen LogP contribution in [0.25, 0.3) is 5.76 Å². The molecule has 0 spiro atoms. The van der Waals surface area contributed by atoms with Crippen molar-refractivity contribution in [2.45, 2.75) is 39.2 Å². The van der Waals surface area contributed by atoms with Gasteiger partial charge in [-0.1, -0.05) is 37.4 Å². The summed E-state index contributed by atoms with van der Waals surface area (Å²) in [7, 11) is 1.52. The van der Waals surface area contributed by atoms with E-state index in [2.05, 4.69) is 6.92 Å². The van der Waals surface area contributed by atoms with Gasteiger partial charge in [-0.25, -0.2) is 0 Å². The van der Waals surface area contributed by atoms with Gasteiger partial charge >= 0.3 is 0 Å². The summed E-state index contributed by atoms with van der Waals surface area (Å²) in [6.07, 6.45) is 3.09. The molecule has 8 heteroatoms. The Morgan fingerprint density at radius 1 is 1.00 bits per heavy atom. The Morgan fingerprint density at radius 3 is 2.40 bits per heavy atom. The number of aliphatic hydroxyl groups excluding tert-OH is 1. The first-order valence-corrected chi connectivity index (χ1v) is 12.2. The minimum atomic E-state index is -0.811. The summed E-state index contributed by atoms with van der Waals surface area (Å²) in [5.74, 6) is -0.594. The standard InChI is InChI=1S/C27H32ClNO6/c1-4-6-7-15-35-21-13-10-19(17-22(21)34-5-2)24-23(25(30)18-8-11-20(28)12-9-18)26(31)27(32)29(24)14-16-33-3/h8-13,17,24,30H,4-7,14-16H2,1-3H3. The van der Waals surface area contributed by atoms with Crippen LogP contribution < -0.4 is 9.47 Å². The number of carbonyl (C=O) groups excluding carboxylic acids is 2. The molecule has 1 amide bonds. The van der Waals surface area contributed by atoms with Crippen molar-refractivity contribution < 1.29 is 28.9 Å². The number of Topliss-reactive ketones (excluding diaryl/α,β-unsaturated/α-hetero) is 1. The van der Waals surface area contributed by atoms with Crippen LogP contribution in [0.1, 0.15) is 50.3 Å². The fourth-order valence-electron chi connectivity index (χ4n) is 4.03. The van der Waals surface area contributed by atoms with Gasteiger partial charge in [-0.2, -0.15) is 0 Å². The van der Waals surface area contributed by atoms with Gasteiger partial charge in [-0.15, -0.1) is 0 Å². The first kappa shape index (κ1) is 26.6. The molecule has 188 valence electrons. The van der Waals surface area contributed by atoms with Crippen molar-refractivity contribution >= 4 is 29.1 Å². The lowest BCUT2D eigenvalue weighted by Gasteiger charge is -2.26. The second-order valence-electron chi connectivity index (χ2n) is 8.19. The SMILES string of the molecule is CCCCCOc1ccc(C2C(=C(O)c3ccc(Cl)cc3)C(=O)C(=O)N2CCOC)cc1OCC. The molecule has 0 radical (unpaired) electrons. The molecule has 0 aliphatic carbocycles. The molecule has 35 heavy (non-hydrogen) atoms. The Balaban J connectivity index is 2.07. The maximum Gasteiger partial charge on any atom is 0.295 e. The molecule has 7 nitrogen and oxygen atoms in total. The van der Waals surface area contributed by atoms with E-state index in [1.54, 1.807) is 42.5 Å². The second kappa shape index (κ2) is 12.6. The van der Waals surface area contributed by atoms with E-state index in [1.165, 1.54) is 12.0 Å². The number of ether oxygens (including phenoxy) is 3. The lowest BCUT2D eigenvalue weighted by molar-refractivity contribution is -0.140. The first-order chi connectivity index (χ1) is 16.9. The van der Waals surface area contributed by atoms with Gasteiger partial charge in [0.05, 0.1) is 31.4 Å². The van der Waals surface area contributed by atoms with Crippen molar-refractivity contribution in [1.29, 1.82) is 0 Å². The Hall–Kier alpha value is -3.03. The predicted octanol–water partition coefficient (Wildman–Crippen LogP) is 5.38. The molecule has 1 aliphatic rings. The average molecular weight is 502 g/mol. The van der Waals surface area contributed by atoms with Crippen LogP contribution in [0, 0.1) is 0 Å². The lowest BCUT2D eigenvalue weighted by atomic mass is 9.95. The number of amides is 1. The number of hydrogen-bond donors (Lipinski definition) is 1. The van der Waals surface area contributed by atoms with Crippen LogP contribution in [-0.2, 0) is 14.3 Å². The minimum absolute atomic E-state index is 0.00693. The molecule has 3 rings (SSSR count). The molecule has 1 fully saturated rings. The summed E-state index contributed by atoms with van der Waals surface area (Å²) in [4.78, 5) is 27.5. The van der Waals surface area contributed by atoms with Crippen molar-refractivity contribution in [2.24, 2.45) is 0 Å². The Morgan fingerprint density at radius 2 is 1.74 bits per heavy atom. The third-order valence-electron chi connectivity index (χ3n) is 5.78. The maximum absolute atomic E-state index is 13.1. The van der Waals surface area contributed by atoms with E-state index < -0.39 is 17.7 Å². The highest BCUT2D eigenvalue weighted by Gasteiger charge is 2.46. The summed E-state index contributed by atoms with van der Waals surface area (Å²) < 4.78 is 16.9. The number of ketones is 1. The number of halogens is 1. The van der Waals surface area contributed by atoms with Crippen LogP contribution in [0.2, 0.25) is 5.02 Å². The van der Waals surface area contributed by atoms with Crippen LogP contribution in [0.3, 0.4) is 0 Å². The Labute approximate surface area is 211 Å². The second-order valence-corrected chi connectivity index (χ2v) is 8.62. The quantitative estimate of drug-likeness (QED) is 0.182. The number of unbranched alkanes of at least 4 members (excludes halogenated alkanes) is 2. The zero-order chi connectivity index (χ0) is 25.4. The maximum atomic E-state index is 13.1. The van der Waals surface area contributed by atoms with Crippen molar-refractivity contribution in [3.8, 4) is 11.5 Å². The summed E-state index contributed by atoms with van der Waals surface area (Å²) in [5.41, 5.74) is 1.03. The normalized spacial score (nSPS) is 17.1. The number of methoxy groups -OCH3 is 1. The van der Waals surface area contributed by atoms with Crippen LogP contribution in [-0.4, -0.2) is 55.2 Å². The highest BCUT2D eigenvalue weighted by molar-refractivity contribution is 6.46. The third kappa shape index (κ3) is 6.16. The lowest BCUT2D eigenvalue weighted by Crippen LogP contribution is -2.32. The van der Waals surface area contributed by atoms with Crippen molar-refractivity contribution in [2.75, 3.05) is 33.5 Å². The van der Waals surface area contributed by atoms with Gasteiger partial charge in [0.25, 0.3) is 11.7 Å². The highest BCUT2D eigenvalue weighted by atomic mass is 35.5. The molecule has 0 bridgehead atoms. The number of likely N-dealkylation sites (tertiary alicyclic amines) is 1. The molecule has 2 aromatic carbocycles. The molecular weight excluding hydrogens is 470 g/mol. The molecule has 1 N–H and O–H groups in total. The highest BCUT2D eigenvalue weighted by Crippen LogP contribution is 2.42. The molecule has 1 unspecified atom stereocenters. The number of rotatable bonds is 12. The summed E-state index contributed by atoms with van der Waals surface area (Å²) in [6, 6.07) is 11.0. The number of aliphatic hydroxyl groups is 1. The molecule has 1 heterocycles. The molecule has 1 atom stereocenters. The number of benzene rings is 2. The van der Waals surface area contributed by atoms with Gasteiger partial charge < -0.3 is 24.2 Å². The average Bonchev–Trinajstić information content (AvgIpc) is 3.11. The third-order valence-corrected chi connectivity index (χ3v) is 6.03.